The number of rotatable bonds is 8. The van der Waals surface area contributed by atoms with Gasteiger partial charge >= 0.3 is 5.97 Å². The first-order valence-electron chi connectivity index (χ1n) is 13.7. The molecule has 9 heteroatoms. The molecule has 2 aliphatic heterocycles. The lowest BCUT2D eigenvalue weighted by molar-refractivity contribution is -0.135. The highest BCUT2D eigenvalue weighted by Gasteiger charge is 2.58. The van der Waals surface area contributed by atoms with Crippen LogP contribution in [-0.2, 0) is 19.1 Å². The lowest BCUT2D eigenvalue weighted by Crippen LogP contribution is -2.66. The van der Waals surface area contributed by atoms with Gasteiger partial charge in [-0.1, -0.05) is 76.6 Å². The lowest BCUT2D eigenvalue weighted by Gasteiger charge is -2.48. The van der Waals surface area contributed by atoms with Gasteiger partial charge in [0.1, 0.15) is 17.8 Å². The molecule has 1 saturated heterocycles. The number of methoxy groups -OCH3 is 2. The molecule has 43 heavy (non-hydrogen) atoms. The number of hydrogen-bond donors (Lipinski definition) is 0. The Morgan fingerprint density at radius 1 is 0.721 bits per heavy atom. The third kappa shape index (κ3) is 5.10. The van der Waals surface area contributed by atoms with Crippen molar-refractivity contribution in [1.82, 2.24) is 0 Å². The van der Waals surface area contributed by atoms with E-state index < -0.39 is 29.9 Å². The fraction of sp³-hybridized carbons (Fsp3) is 0.176. The van der Waals surface area contributed by atoms with Crippen molar-refractivity contribution in [2.45, 2.75) is 23.9 Å². The van der Waals surface area contributed by atoms with E-state index in [1.54, 1.807) is 36.4 Å². The fourth-order valence-corrected chi connectivity index (χ4v) is 6.14. The quantitative estimate of drug-likeness (QED) is 0.181. The summed E-state index contributed by atoms with van der Waals surface area (Å²) in [6.07, 6.45) is 0. The van der Waals surface area contributed by atoms with Crippen molar-refractivity contribution in [2.24, 2.45) is 5.10 Å². The predicted octanol–water partition coefficient (Wildman–Crippen LogP) is 5.73. The van der Waals surface area contributed by atoms with Gasteiger partial charge in [0.15, 0.2) is 11.5 Å². The van der Waals surface area contributed by atoms with Gasteiger partial charge in [-0.2, -0.15) is 5.10 Å². The number of nitrogens with zero attached hydrogens (tertiary/aromatic N) is 3. The van der Waals surface area contributed by atoms with Crippen molar-refractivity contribution in [3.8, 4) is 5.75 Å². The Morgan fingerprint density at radius 3 is 1.84 bits per heavy atom. The second-order valence-electron chi connectivity index (χ2n) is 10.3. The molecule has 8 nitrogen and oxygen atoms in total. The minimum Gasteiger partial charge on any atom is -0.497 e. The fourth-order valence-electron chi connectivity index (χ4n) is 5.87. The van der Waals surface area contributed by atoms with Crippen LogP contribution >= 0.6 is 15.9 Å². The van der Waals surface area contributed by atoms with Crippen LogP contribution in [0.25, 0.3) is 0 Å². The second-order valence-corrected chi connectivity index (χ2v) is 11.2. The number of amides is 1. The molecule has 0 aromatic heterocycles. The van der Waals surface area contributed by atoms with Crippen molar-refractivity contribution >= 4 is 50.7 Å². The van der Waals surface area contributed by atoms with E-state index in [1.165, 1.54) is 12.0 Å². The lowest BCUT2D eigenvalue weighted by atomic mass is 9.74. The molecular weight excluding hydrogens is 610 g/mol. The van der Waals surface area contributed by atoms with Crippen molar-refractivity contribution in [2.75, 3.05) is 24.1 Å². The molecule has 6 rings (SSSR count). The third-order valence-electron chi connectivity index (χ3n) is 7.92. The van der Waals surface area contributed by atoms with Crippen LogP contribution in [0.2, 0.25) is 0 Å². The number of Topliss-reactive ketones (excluding diaryl/α,β-unsaturated/α-hetero) is 1. The number of carbonyl (C=O) groups is 3. The number of β-lactam (4-membered cyclic amide) rings is 1. The summed E-state index contributed by atoms with van der Waals surface area (Å²) in [6.45, 7) is 0. The van der Waals surface area contributed by atoms with Crippen LogP contribution in [0.15, 0.2) is 119 Å². The minimum atomic E-state index is -0.942. The van der Waals surface area contributed by atoms with E-state index in [0.717, 1.165) is 15.6 Å². The highest BCUT2D eigenvalue weighted by molar-refractivity contribution is 9.10. The molecule has 4 atom stereocenters. The molecule has 1 amide bonds. The number of ether oxygens (including phenoxy) is 2. The molecular formula is C34H28BrN3O5. The van der Waals surface area contributed by atoms with Gasteiger partial charge in [0.05, 0.1) is 31.7 Å². The van der Waals surface area contributed by atoms with Gasteiger partial charge in [-0.3, -0.25) is 14.6 Å². The van der Waals surface area contributed by atoms with Crippen LogP contribution in [0, 0.1) is 0 Å². The molecule has 0 spiro atoms. The number of hydrogen-bond acceptors (Lipinski definition) is 7. The number of benzene rings is 4. The van der Waals surface area contributed by atoms with Crippen LogP contribution < -0.4 is 14.6 Å². The zero-order valence-corrected chi connectivity index (χ0v) is 25.0. The van der Waals surface area contributed by atoms with E-state index >= 15 is 4.79 Å². The Bertz CT molecular complexity index is 1680. The monoisotopic (exact) mass is 637 g/mol. The van der Waals surface area contributed by atoms with Gasteiger partial charge in [0, 0.05) is 10.2 Å². The van der Waals surface area contributed by atoms with Crippen LogP contribution in [0.4, 0.5) is 11.4 Å². The first kappa shape index (κ1) is 28.4. The second kappa shape index (κ2) is 11.9. The summed E-state index contributed by atoms with van der Waals surface area (Å²) >= 11 is 3.47. The number of carbonyl (C=O) groups excluding carboxylic acids is 3. The van der Waals surface area contributed by atoms with E-state index in [-0.39, 0.29) is 17.4 Å². The zero-order chi connectivity index (χ0) is 30.1. The van der Waals surface area contributed by atoms with Gasteiger partial charge in [0.25, 0.3) is 0 Å². The van der Waals surface area contributed by atoms with Crippen LogP contribution in [0.5, 0.6) is 5.75 Å². The van der Waals surface area contributed by atoms with Gasteiger partial charge in [-0.25, -0.2) is 4.79 Å². The van der Waals surface area contributed by atoms with Gasteiger partial charge in [0.2, 0.25) is 5.91 Å². The topological polar surface area (TPSA) is 88.5 Å². The number of ketones is 1. The molecule has 0 aliphatic carbocycles. The number of anilines is 2. The maximum absolute atomic E-state index is 15.1. The van der Waals surface area contributed by atoms with E-state index in [4.69, 9.17) is 14.6 Å². The molecule has 2 aliphatic rings. The third-order valence-corrected chi connectivity index (χ3v) is 8.45. The molecule has 4 aromatic rings. The standard InChI is InChI=1S/C34H28BrN3O5/c1-42-26-19-17-24(18-20-26)37-30(28(33(37)40)22-11-7-4-8-12-22)32(39)31-27(21-9-5-3-6-10-21)29(34(41)43-2)36-38(31)25-15-13-23(35)14-16-25/h3-20,27-28,30-31H,1-2H3/t27-,28+,30+,31+/m0/s1. The van der Waals surface area contributed by atoms with Gasteiger partial charge in [-0.05, 0) is 59.7 Å². The van der Waals surface area contributed by atoms with Crippen LogP contribution in [0.1, 0.15) is 23.0 Å². The maximum atomic E-state index is 15.1. The van der Waals surface area contributed by atoms with Crippen LogP contribution in [-0.4, -0.2) is 49.7 Å². The smallest absolute Gasteiger partial charge is 0.354 e. The Hall–Kier alpha value is -4.76. The molecule has 0 N–H and O–H groups in total. The molecule has 2 heterocycles. The van der Waals surface area contributed by atoms with E-state index in [9.17, 15) is 9.59 Å². The summed E-state index contributed by atoms with van der Waals surface area (Å²) in [4.78, 5) is 43.6. The summed E-state index contributed by atoms with van der Waals surface area (Å²) in [5.41, 5.74) is 2.80. The summed E-state index contributed by atoms with van der Waals surface area (Å²) < 4.78 is 11.3. The van der Waals surface area contributed by atoms with Crippen LogP contribution in [0.3, 0.4) is 0 Å². The average Bonchev–Trinajstić information content (AvgIpc) is 3.45. The van der Waals surface area contributed by atoms with Gasteiger partial charge in [-0.15, -0.1) is 0 Å². The SMILES string of the molecule is COC(=O)C1=NN(c2ccc(Br)cc2)[C@@H](C(=O)[C@H]2[C@@H](c3ccccc3)C(=O)N2c2ccc(OC)cc2)[C@H]1c1ccccc1. The molecule has 0 saturated carbocycles. The maximum Gasteiger partial charge on any atom is 0.354 e. The number of esters is 1. The normalized spacial score (nSPS) is 21.2. The summed E-state index contributed by atoms with van der Waals surface area (Å²) in [6, 6.07) is 31.3. The summed E-state index contributed by atoms with van der Waals surface area (Å²) in [5.74, 6) is -1.87. The predicted molar refractivity (Wildman–Crippen MR) is 168 cm³/mol. The zero-order valence-electron chi connectivity index (χ0n) is 23.5. The van der Waals surface area contributed by atoms with Crippen molar-refractivity contribution in [1.29, 1.82) is 0 Å². The Balaban J connectivity index is 1.50. The first-order valence-corrected chi connectivity index (χ1v) is 14.5. The largest absolute Gasteiger partial charge is 0.497 e. The van der Waals surface area contributed by atoms with Crippen molar-refractivity contribution < 1.29 is 23.9 Å². The summed E-state index contributed by atoms with van der Waals surface area (Å²) in [5, 5.41) is 6.31. The Morgan fingerprint density at radius 2 is 1.28 bits per heavy atom. The summed E-state index contributed by atoms with van der Waals surface area (Å²) in [7, 11) is 2.87. The van der Waals surface area contributed by atoms with E-state index in [1.807, 2.05) is 84.9 Å². The van der Waals surface area contributed by atoms with Crippen molar-refractivity contribution in [3.05, 3.63) is 125 Å². The highest BCUT2D eigenvalue weighted by Crippen LogP contribution is 2.45. The van der Waals surface area contributed by atoms with Gasteiger partial charge < -0.3 is 14.4 Å². The Labute approximate surface area is 257 Å². The molecule has 0 bridgehead atoms. The molecule has 0 radical (unpaired) electrons. The molecule has 216 valence electrons. The number of hydrazone groups is 1. The number of halogens is 1. The van der Waals surface area contributed by atoms with E-state index in [2.05, 4.69) is 15.9 Å². The van der Waals surface area contributed by atoms with Crippen molar-refractivity contribution in [3.63, 3.8) is 0 Å². The minimum absolute atomic E-state index is 0.118. The average molecular weight is 639 g/mol. The molecule has 4 aromatic carbocycles. The molecule has 0 unspecified atom stereocenters. The molecule has 1 fully saturated rings. The first-order chi connectivity index (χ1) is 20.9. The van der Waals surface area contributed by atoms with E-state index in [0.29, 0.717) is 17.1 Å². The highest BCUT2D eigenvalue weighted by atomic mass is 79.9. The Kier molecular flexibility index (Phi) is 7.82.